The molecule has 2 unspecified atom stereocenters. The van der Waals surface area contributed by atoms with E-state index in [-0.39, 0.29) is 6.54 Å². The second-order valence-corrected chi connectivity index (χ2v) is 12.1. The molecule has 2 heterocycles. The number of rotatable bonds is 5. The van der Waals surface area contributed by atoms with Crippen molar-refractivity contribution in [1.29, 1.82) is 0 Å². The van der Waals surface area contributed by atoms with Gasteiger partial charge in [-0.25, -0.2) is 8.42 Å². The third-order valence-corrected chi connectivity index (χ3v) is 7.93. The van der Waals surface area contributed by atoms with Gasteiger partial charge in [-0.1, -0.05) is 47.0 Å². The highest BCUT2D eigenvalue weighted by Crippen LogP contribution is 2.23. The zero-order chi connectivity index (χ0) is 22.8. The average Bonchev–Trinajstić information content (AvgIpc) is 2.96. The SMILES string of the molecule is C#CCn1c(=NC(=O)CS(=O)(=O)CC(=O)N2CC(C)CC(C)C2)sc2cc(Br)ccc21. The highest BCUT2D eigenvalue weighted by atomic mass is 79.9. The first kappa shape index (κ1) is 23.7. The smallest absolute Gasteiger partial charge is 0.263 e. The molecule has 1 aromatic heterocycles. The third kappa shape index (κ3) is 6.05. The number of halogens is 1. The van der Waals surface area contributed by atoms with Gasteiger partial charge in [0, 0.05) is 17.6 Å². The highest BCUT2D eigenvalue weighted by Gasteiger charge is 2.29. The number of nitrogens with zero attached hydrogens (tertiary/aromatic N) is 3. The molecule has 1 aromatic carbocycles. The number of sulfone groups is 1. The van der Waals surface area contributed by atoms with E-state index in [1.807, 2.05) is 32.0 Å². The van der Waals surface area contributed by atoms with Crippen molar-refractivity contribution in [2.75, 3.05) is 24.6 Å². The minimum absolute atomic E-state index is 0.199. The van der Waals surface area contributed by atoms with Crippen LogP contribution in [0.15, 0.2) is 27.7 Å². The number of benzene rings is 1. The summed E-state index contributed by atoms with van der Waals surface area (Å²) in [5.74, 6) is 0.407. The van der Waals surface area contributed by atoms with Crippen LogP contribution in [0.1, 0.15) is 20.3 Å². The number of fused-ring (bicyclic) bond motifs is 1. The minimum atomic E-state index is -3.93. The second kappa shape index (κ2) is 9.67. The minimum Gasteiger partial charge on any atom is -0.341 e. The molecule has 2 amide bonds. The summed E-state index contributed by atoms with van der Waals surface area (Å²) in [6, 6.07) is 5.59. The van der Waals surface area contributed by atoms with Gasteiger partial charge in [0.15, 0.2) is 14.6 Å². The lowest BCUT2D eigenvalue weighted by atomic mass is 9.92. The van der Waals surface area contributed by atoms with Crippen molar-refractivity contribution in [3.05, 3.63) is 27.5 Å². The molecule has 1 fully saturated rings. The number of hydrogen-bond acceptors (Lipinski definition) is 5. The number of amides is 2. The molecule has 1 saturated heterocycles. The Hall–Kier alpha value is -1.96. The molecular weight excluding hydrogens is 502 g/mol. The largest absolute Gasteiger partial charge is 0.341 e. The molecule has 166 valence electrons. The Morgan fingerprint density at radius 2 is 1.94 bits per heavy atom. The van der Waals surface area contributed by atoms with E-state index in [2.05, 4.69) is 26.8 Å². The van der Waals surface area contributed by atoms with Gasteiger partial charge in [0.25, 0.3) is 5.91 Å². The van der Waals surface area contributed by atoms with Gasteiger partial charge >= 0.3 is 0 Å². The Bertz CT molecular complexity index is 1210. The van der Waals surface area contributed by atoms with Crippen LogP contribution in [0.5, 0.6) is 0 Å². The normalized spacial score (nSPS) is 20.1. The molecular formula is C21H24BrN3O4S2. The van der Waals surface area contributed by atoms with Gasteiger partial charge in [-0.3, -0.25) is 9.59 Å². The summed E-state index contributed by atoms with van der Waals surface area (Å²) in [5, 5.41) is 0. The van der Waals surface area contributed by atoms with E-state index in [0.717, 1.165) is 21.1 Å². The molecule has 10 heteroatoms. The van der Waals surface area contributed by atoms with E-state index in [1.54, 1.807) is 9.47 Å². The van der Waals surface area contributed by atoms with Gasteiger partial charge in [0.05, 0.1) is 16.8 Å². The Kier molecular flexibility index (Phi) is 7.39. The predicted molar refractivity (Wildman–Crippen MR) is 125 cm³/mol. The monoisotopic (exact) mass is 525 g/mol. The van der Waals surface area contributed by atoms with Crippen molar-refractivity contribution >= 4 is 59.1 Å². The van der Waals surface area contributed by atoms with Crippen molar-refractivity contribution in [3.63, 3.8) is 0 Å². The Labute approximate surface area is 194 Å². The van der Waals surface area contributed by atoms with Crippen LogP contribution in [-0.4, -0.2) is 54.3 Å². The molecule has 1 aliphatic heterocycles. The van der Waals surface area contributed by atoms with E-state index < -0.39 is 33.2 Å². The van der Waals surface area contributed by atoms with Gasteiger partial charge in [-0.05, 0) is 36.5 Å². The molecule has 31 heavy (non-hydrogen) atoms. The van der Waals surface area contributed by atoms with E-state index in [0.29, 0.717) is 29.7 Å². The maximum absolute atomic E-state index is 12.5. The predicted octanol–water partition coefficient (Wildman–Crippen LogP) is 2.45. The molecule has 2 aromatic rings. The lowest BCUT2D eigenvalue weighted by Gasteiger charge is -2.34. The second-order valence-electron chi connectivity index (χ2n) is 8.07. The fraction of sp³-hybridized carbons (Fsp3) is 0.476. The first-order valence-corrected chi connectivity index (χ1v) is 13.3. The first-order valence-electron chi connectivity index (χ1n) is 9.86. The number of hydrogen-bond donors (Lipinski definition) is 0. The van der Waals surface area contributed by atoms with Crippen LogP contribution in [-0.2, 0) is 26.0 Å². The third-order valence-electron chi connectivity index (χ3n) is 5.02. The van der Waals surface area contributed by atoms with E-state index >= 15 is 0 Å². The summed E-state index contributed by atoms with van der Waals surface area (Å²) in [5.41, 5.74) is 0.809. The molecule has 3 rings (SSSR count). The maximum atomic E-state index is 12.5. The van der Waals surface area contributed by atoms with Crippen LogP contribution in [0, 0.1) is 24.2 Å². The van der Waals surface area contributed by atoms with Crippen molar-refractivity contribution in [2.45, 2.75) is 26.8 Å². The lowest BCUT2D eigenvalue weighted by molar-refractivity contribution is -0.131. The molecule has 1 aliphatic rings. The van der Waals surface area contributed by atoms with Crippen LogP contribution in [0.3, 0.4) is 0 Å². The molecule has 7 nitrogen and oxygen atoms in total. The number of thiazole rings is 1. The summed E-state index contributed by atoms with van der Waals surface area (Å²) < 4.78 is 28.4. The van der Waals surface area contributed by atoms with Gasteiger partial charge in [-0.15, -0.1) is 6.42 Å². The summed E-state index contributed by atoms with van der Waals surface area (Å²) in [6.45, 7) is 5.37. The van der Waals surface area contributed by atoms with Crippen LogP contribution in [0.4, 0.5) is 0 Å². The average molecular weight is 526 g/mol. The number of carbonyl (C=O) groups is 2. The van der Waals surface area contributed by atoms with Crippen molar-refractivity contribution in [1.82, 2.24) is 9.47 Å². The summed E-state index contributed by atoms with van der Waals surface area (Å²) in [4.78, 5) is 30.9. The van der Waals surface area contributed by atoms with Crippen LogP contribution >= 0.6 is 27.3 Å². The van der Waals surface area contributed by atoms with Crippen molar-refractivity contribution < 1.29 is 18.0 Å². The Morgan fingerprint density at radius 3 is 2.58 bits per heavy atom. The number of terminal acetylenes is 1. The fourth-order valence-electron chi connectivity index (χ4n) is 3.90. The molecule has 0 spiro atoms. The zero-order valence-electron chi connectivity index (χ0n) is 17.4. The highest BCUT2D eigenvalue weighted by molar-refractivity contribution is 9.10. The van der Waals surface area contributed by atoms with Gasteiger partial charge in [-0.2, -0.15) is 4.99 Å². The van der Waals surface area contributed by atoms with Crippen LogP contribution < -0.4 is 4.80 Å². The Balaban J connectivity index is 1.78. The maximum Gasteiger partial charge on any atom is 0.263 e. The topological polar surface area (TPSA) is 88.8 Å². The zero-order valence-corrected chi connectivity index (χ0v) is 20.6. The standard InChI is InChI=1S/C21H24BrN3O4S2/c1-4-7-25-17-6-5-16(22)9-18(17)30-21(25)23-19(26)12-31(28,29)13-20(27)24-10-14(2)8-15(3)11-24/h1,5-6,9,14-15H,7-8,10-13H2,2-3H3. The van der Waals surface area contributed by atoms with E-state index in [1.165, 1.54) is 11.3 Å². The summed E-state index contributed by atoms with van der Waals surface area (Å²) in [6.07, 6.45) is 6.46. The van der Waals surface area contributed by atoms with Crippen molar-refractivity contribution in [3.8, 4) is 12.3 Å². The molecule has 0 bridgehead atoms. The van der Waals surface area contributed by atoms with Crippen LogP contribution in [0.2, 0.25) is 0 Å². The lowest BCUT2D eigenvalue weighted by Crippen LogP contribution is -2.45. The Morgan fingerprint density at radius 1 is 1.26 bits per heavy atom. The first-order chi connectivity index (χ1) is 14.6. The molecule has 0 N–H and O–H groups in total. The summed E-state index contributed by atoms with van der Waals surface area (Å²) >= 11 is 4.65. The number of piperidine rings is 1. The van der Waals surface area contributed by atoms with Gasteiger partial charge in [0.2, 0.25) is 5.91 Å². The van der Waals surface area contributed by atoms with Gasteiger partial charge < -0.3 is 9.47 Å². The van der Waals surface area contributed by atoms with Crippen LogP contribution in [0.25, 0.3) is 10.2 Å². The quantitative estimate of drug-likeness (QED) is 0.560. The number of aromatic nitrogens is 1. The van der Waals surface area contributed by atoms with E-state index in [9.17, 15) is 18.0 Å². The molecule has 0 radical (unpaired) electrons. The van der Waals surface area contributed by atoms with Gasteiger partial charge in [0.1, 0.15) is 11.5 Å². The summed E-state index contributed by atoms with van der Waals surface area (Å²) in [7, 11) is -3.93. The molecule has 0 saturated carbocycles. The number of carbonyl (C=O) groups excluding carboxylic acids is 2. The molecule has 2 atom stereocenters. The van der Waals surface area contributed by atoms with E-state index in [4.69, 9.17) is 6.42 Å². The van der Waals surface area contributed by atoms with Crippen molar-refractivity contribution in [2.24, 2.45) is 16.8 Å². The number of likely N-dealkylation sites (tertiary alicyclic amines) is 1. The fourth-order valence-corrected chi connectivity index (χ4v) is 6.60. The molecule has 0 aliphatic carbocycles.